The standard InChI is InChI=1S/C32H38O8/c33-29-25-15-11-16-26(30(34)38-20-8-2-1-7-19-37-29)23(25)13-5-6-14-24-27-17-12-18-28(24)32(36)40-22-10-4-3-9-21-39-31(27)35/h11-12,15-18H,1-10,13-14,19-22H2. The van der Waals surface area contributed by atoms with Gasteiger partial charge in [0, 0.05) is 0 Å². The van der Waals surface area contributed by atoms with Gasteiger partial charge in [-0.3, -0.25) is 0 Å². The van der Waals surface area contributed by atoms with E-state index in [9.17, 15) is 19.2 Å². The van der Waals surface area contributed by atoms with E-state index < -0.39 is 23.9 Å². The van der Waals surface area contributed by atoms with Gasteiger partial charge >= 0.3 is 23.9 Å². The monoisotopic (exact) mass is 550 g/mol. The van der Waals surface area contributed by atoms with Crippen LogP contribution in [0.25, 0.3) is 0 Å². The Hall–Kier alpha value is -3.68. The van der Waals surface area contributed by atoms with Crippen LogP contribution in [-0.2, 0) is 31.8 Å². The summed E-state index contributed by atoms with van der Waals surface area (Å²) in [6, 6.07) is 10.1. The first-order chi connectivity index (χ1) is 19.6. The van der Waals surface area contributed by atoms with E-state index in [1.165, 1.54) is 0 Å². The fourth-order valence-electron chi connectivity index (χ4n) is 5.17. The summed E-state index contributed by atoms with van der Waals surface area (Å²) in [5.74, 6) is -1.78. The number of carbonyl (C=O) groups excluding carboxylic acids is 4. The van der Waals surface area contributed by atoms with E-state index in [1.54, 1.807) is 36.4 Å². The molecule has 0 fully saturated rings. The molecule has 0 saturated heterocycles. The number of hydrogen-bond donors (Lipinski definition) is 0. The first kappa shape index (κ1) is 29.3. The number of benzene rings is 2. The molecule has 0 unspecified atom stereocenters. The van der Waals surface area contributed by atoms with Gasteiger partial charge < -0.3 is 18.9 Å². The predicted molar refractivity (Wildman–Crippen MR) is 148 cm³/mol. The quantitative estimate of drug-likeness (QED) is 0.253. The lowest BCUT2D eigenvalue weighted by atomic mass is 9.92. The van der Waals surface area contributed by atoms with Gasteiger partial charge in [0.25, 0.3) is 0 Å². The summed E-state index contributed by atoms with van der Waals surface area (Å²) >= 11 is 0. The third-order valence-corrected chi connectivity index (χ3v) is 7.35. The molecule has 214 valence electrons. The highest BCUT2D eigenvalue weighted by atomic mass is 16.5. The van der Waals surface area contributed by atoms with Gasteiger partial charge in [-0.2, -0.15) is 0 Å². The van der Waals surface area contributed by atoms with Crippen LogP contribution >= 0.6 is 0 Å². The van der Waals surface area contributed by atoms with Crippen molar-refractivity contribution in [3.8, 4) is 0 Å². The molecule has 2 aliphatic rings. The van der Waals surface area contributed by atoms with Gasteiger partial charge in [-0.15, -0.1) is 0 Å². The van der Waals surface area contributed by atoms with Crippen LogP contribution in [0.2, 0.25) is 0 Å². The maximum Gasteiger partial charge on any atom is 0.338 e. The molecule has 4 rings (SSSR count). The molecular weight excluding hydrogens is 512 g/mol. The van der Waals surface area contributed by atoms with Crippen LogP contribution in [0.4, 0.5) is 0 Å². The topological polar surface area (TPSA) is 105 Å². The number of fused-ring (bicyclic) bond motifs is 4. The van der Waals surface area contributed by atoms with Gasteiger partial charge in [0.05, 0.1) is 48.7 Å². The predicted octanol–water partition coefficient (Wildman–Crippen LogP) is 6.03. The normalized spacial score (nSPS) is 17.7. The minimum Gasteiger partial charge on any atom is -0.462 e. The summed E-state index contributed by atoms with van der Waals surface area (Å²) in [4.78, 5) is 51.6. The molecule has 0 saturated carbocycles. The Balaban J connectivity index is 1.53. The van der Waals surface area contributed by atoms with Crippen molar-refractivity contribution in [3.05, 3.63) is 69.8 Å². The van der Waals surface area contributed by atoms with Crippen molar-refractivity contribution in [1.82, 2.24) is 0 Å². The fraction of sp³-hybridized carbons (Fsp3) is 0.500. The van der Waals surface area contributed by atoms with Crippen LogP contribution < -0.4 is 0 Å². The summed E-state index contributed by atoms with van der Waals surface area (Å²) < 4.78 is 22.0. The van der Waals surface area contributed by atoms with E-state index in [4.69, 9.17) is 18.9 Å². The van der Waals surface area contributed by atoms with Crippen molar-refractivity contribution in [2.45, 2.75) is 77.0 Å². The zero-order valence-electron chi connectivity index (χ0n) is 23.0. The van der Waals surface area contributed by atoms with Crippen molar-refractivity contribution < 1.29 is 38.1 Å². The second-order valence-corrected chi connectivity index (χ2v) is 10.2. The summed E-state index contributed by atoms with van der Waals surface area (Å²) in [5.41, 5.74) is 2.67. The van der Waals surface area contributed by atoms with Crippen LogP contribution in [0.3, 0.4) is 0 Å². The lowest BCUT2D eigenvalue weighted by molar-refractivity contribution is 0.0484. The van der Waals surface area contributed by atoms with Crippen molar-refractivity contribution in [2.24, 2.45) is 0 Å². The first-order valence-electron chi connectivity index (χ1n) is 14.5. The molecule has 8 heteroatoms. The van der Waals surface area contributed by atoms with Crippen LogP contribution in [0.1, 0.15) is 117 Å². The number of hydrogen-bond acceptors (Lipinski definition) is 8. The molecule has 0 amide bonds. The number of cyclic esters (lactones) is 4. The Morgan fingerprint density at radius 3 is 0.975 bits per heavy atom. The van der Waals surface area contributed by atoms with Crippen LogP contribution in [-0.4, -0.2) is 50.3 Å². The van der Waals surface area contributed by atoms with E-state index in [0.29, 0.717) is 85.5 Å². The molecule has 2 aliphatic heterocycles. The van der Waals surface area contributed by atoms with Crippen molar-refractivity contribution in [2.75, 3.05) is 26.4 Å². The minimum absolute atomic E-state index is 0.336. The molecule has 0 aromatic heterocycles. The number of rotatable bonds is 5. The summed E-state index contributed by atoms with van der Waals surface area (Å²) in [5, 5.41) is 0. The van der Waals surface area contributed by atoms with Gasteiger partial charge in [0.15, 0.2) is 0 Å². The number of unbranched alkanes of at least 4 members (excludes halogenated alkanes) is 1. The fourth-order valence-corrected chi connectivity index (χ4v) is 5.17. The average Bonchev–Trinajstić information content (AvgIpc) is 2.97. The molecule has 2 aromatic carbocycles. The summed E-state index contributed by atoms with van der Waals surface area (Å²) in [7, 11) is 0. The summed E-state index contributed by atoms with van der Waals surface area (Å²) in [6.07, 6.45) is 8.74. The van der Waals surface area contributed by atoms with Gasteiger partial charge in [-0.05, 0) is 112 Å². The Labute approximate surface area is 235 Å². The molecule has 0 spiro atoms. The van der Waals surface area contributed by atoms with Crippen molar-refractivity contribution >= 4 is 23.9 Å². The Morgan fingerprint density at radius 2 is 0.700 bits per heavy atom. The second-order valence-electron chi connectivity index (χ2n) is 10.2. The highest BCUT2D eigenvalue weighted by Crippen LogP contribution is 2.24. The van der Waals surface area contributed by atoms with E-state index in [-0.39, 0.29) is 0 Å². The summed E-state index contributed by atoms with van der Waals surface area (Å²) in [6.45, 7) is 1.35. The second kappa shape index (κ2) is 15.2. The molecule has 40 heavy (non-hydrogen) atoms. The molecule has 4 bridgehead atoms. The lowest BCUT2D eigenvalue weighted by Crippen LogP contribution is -2.16. The maximum absolute atomic E-state index is 12.9. The largest absolute Gasteiger partial charge is 0.462 e. The van der Waals surface area contributed by atoms with Gasteiger partial charge in [-0.25, -0.2) is 19.2 Å². The highest BCUT2D eigenvalue weighted by Gasteiger charge is 2.23. The number of esters is 4. The third kappa shape index (κ3) is 7.93. The van der Waals surface area contributed by atoms with Crippen LogP contribution in [0.5, 0.6) is 0 Å². The van der Waals surface area contributed by atoms with Crippen LogP contribution in [0.15, 0.2) is 36.4 Å². The molecule has 0 aliphatic carbocycles. The van der Waals surface area contributed by atoms with E-state index in [1.807, 2.05) is 0 Å². The van der Waals surface area contributed by atoms with Gasteiger partial charge in [0.1, 0.15) is 0 Å². The molecular formula is C32H38O8. The van der Waals surface area contributed by atoms with Crippen molar-refractivity contribution in [1.29, 1.82) is 0 Å². The molecule has 0 radical (unpaired) electrons. The molecule has 2 aromatic rings. The Morgan fingerprint density at radius 1 is 0.425 bits per heavy atom. The number of carbonyl (C=O) groups is 4. The van der Waals surface area contributed by atoms with E-state index in [0.717, 1.165) is 51.4 Å². The number of ether oxygens (including phenoxy) is 4. The maximum atomic E-state index is 12.9. The average molecular weight is 551 g/mol. The van der Waals surface area contributed by atoms with E-state index in [2.05, 4.69) is 0 Å². The molecule has 0 atom stereocenters. The minimum atomic E-state index is -0.445. The Kier molecular flexibility index (Phi) is 11.1. The molecule has 0 N–H and O–H groups in total. The molecule has 2 heterocycles. The van der Waals surface area contributed by atoms with Gasteiger partial charge in [0.2, 0.25) is 0 Å². The SMILES string of the molecule is O=C1OCCCCCCOC(=O)c2cccc1c2CCCCc1c2cccc1C(=O)OCCCCCCOC2=O. The Bertz CT molecular complexity index is 1030. The molecule has 8 nitrogen and oxygen atoms in total. The van der Waals surface area contributed by atoms with Gasteiger partial charge in [-0.1, -0.05) is 12.1 Å². The first-order valence-corrected chi connectivity index (χ1v) is 14.5. The third-order valence-electron chi connectivity index (χ3n) is 7.35. The highest BCUT2D eigenvalue weighted by molar-refractivity contribution is 5.99. The lowest BCUT2D eigenvalue weighted by Gasteiger charge is -2.15. The zero-order chi connectivity index (χ0) is 28.2. The van der Waals surface area contributed by atoms with Crippen molar-refractivity contribution in [3.63, 3.8) is 0 Å². The van der Waals surface area contributed by atoms with Crippen LogP contribution in [0, 0.1) is 0 Å². The van der Waals surface area contributed by atoms with E-state index >= 15 is 0 Å². The zero-order valence-corrected chi connectivity index (χ0v) is 23.0. The smallest absolute Gasteiger partial charge is 0.338 e.